The van der Waals surface area contributed by atoms with Crippen LogP contribution < -0.4 is 0 Å². The number of nitrogens with one attached hydrogen (secondary N) is 4. The number of H-pyrrole nitrogens is 4. The summed E-state index contributed by atoms with van der Waals surface area (Å²) in [5.74, 6) is -1.95. The monoisotopic (exact) mass is 780 g/mol. The van der Waals surface area contributed by atoms with Crippen LogP contribution in [0.15, 0.2) is 122 Å². The highest BCUT2D eigenvalue weighted by molar-refractivity contribution is 5.89. The minimum atomic E-state index is -1.46. The summed E-state index contributed by atoms with van der Waals surface area (Å²) in [6.07, 6.45) is -0.196. The summed E-state index contributed by atoms with van der Waals surface area (Å²) in [6.45, 7) is -0.286. The number of aromatic amines is 4. The quantitative estimate of drug-likeness (QED) is 0.0509. The first-order valence-electron chi connectivity index (χ1n) is 19.1. The highest BCUT2D eigenvalue weighted by Gasteiger charge is 2.49. The molecule has 9 rings (SSSR count). The van der Waals surface area contributed by atoms with Crippen molar-refractivity contribution in [2.24, 2.45) is 0 Å². The highest BCUT2D eigenvalue weighted by atomic mass is 16.8. The van der Waals surface area contributed by atoms with Gasteiger partial charge in [0.05, 0.1) is 25.9 Å². The Morgan fingerprint density at radius 1 is 0.552 bits per heavy atom. The number of rotatable bonds is 13. The lowest BCUT2D eigenvalue weighted by Crippen LogP contribution is -2.59. The summed E-state index contributed by atoms with van der Waals surface area (Å²) in [5.41, 5.74) is 6.33. The number of aliphatic hydroxyl groups is 1. The molecule has 1 aliphatic rings. The molecule has 0 saturated carbocycles. The normalized spacial score (nSPS) is 18.8. The molecule has 4 aromatic heterocycles. The van der Waals surface area contributed by atoms with E-state index in [0.717, 1.165) is 49.2 Å². The summed E-state index contributed by atoms with van der Waals surface area (Å²) in [4.78, 5) is 54.1. The Balaban J connectivity index is 1.01. The maximum atomic E-state index is 13.9. The molecule has 5 N–H and O–H groups in total. The Morgan fingerprint density at radius 3 is 1.40 bits per heavy atom. The Labute approximate surface area is 331 Å². The number of para-hydroxylation sites is 4. The maximum Gasteiger partial charge on any atom is 0.310 e. The van der Waals surface area contributed by atoms with E-state index in [-0.39, 0.29) is 32.3 Å². The van der Waals surface area contributed by atoms with Gasteiger partial charge in [-0.3, -0.25) is 14.4 Å². The molecule has 0 amide bonds. The Hall–Kier alpha value is -6.67. The lowest BCUT2D eigenvalue weighted by molar-refractivity contribution is -0.312. The van der Waals surface area contributed by atoms with Gasteiger partial charge in [0, 0.05) is 74.8 Å². The molecule has 0 spiro atoms. The number of aromatic nitrogens is 4. The molecule has 0 aliphatic carbocycles. The number of aliphatic hydroxyl groups excluding tert-OH is 1. The van der Waals surface area contributed by atoms with E-state index in [1.807, 2.05) is 97.1 Å². The van der Waals surface area contributed by atoms with E-state index in [4.69, 9.17) is 23.7 Å². The van der Waals surface area contributed by atoms with Crippen molar-refractivity contribution in [2.45, 2.75) is 56.6 Å². The van der Waals surface area contributed by atoms with Crippen LogP contribution in [-0.4, -0.2) is 80.4 Å². The van der Waals surface area contributed by atoms with Crippen molar-refractivity contribution >= 4 is 61.5 Å². The molecular weight excluding hydrogens is 741 g/mol. The maximum absolute atomic E-state index is 13.9. The average Bonchev–Trinajstić information content (AvgIpc) is 4.03. The molecule has 13 heteroatoms. The molecule has 13 nitrogen and oxygen atoms in total. The number of carbonyl (C=O) groups excluding carboxylic acids is 3. The lowest BCUT2D eigenvalue weighted by atomic mass is 10.0. The van der Waals surface area contributed by atoms with E-state index in [2.05, 4.69) is 19.9 Å². The van der Waals surface area contributed by atoms with Crippen LogP contribution in [-0.2, 0) is 63.8 Å². The fraction of sp³-hybridized carbons (Fsp3) is 0.222. The van der Waals surface area contributed by atoms with E-state index in [0.29, 0.717) is 16.7 Å². The third-order valence-corrected chi connectivity index (χ3v) is 10.6. The molecule has 58 heavy (non-hydrogen) atoms. The number of hydrogen-bond acceptors (Lipinski definition) is 9. The second-order valence-electron chi connectivity index (χ2n) is 14.4. The molecule has 1 unspecified atom stereocenters. The standard InChI is InChI=1S/C45H40N4O9/c50-39(17-26-21-46-34-13-5-1-9-30(26)34)55-38-25-54-45(58-42(53)20-29-24-49-37-16-8-4-12-33(29)37)44(57-41(52)19-28-23-48-36-15-7-3-11-32(28)36)43(38)56-40(51)18-27-22-47-35-14-6-2-10-31(27)35/h1-16,21-24,38,42-49,53H,17-20,25H2/t38-,42?,43-,44+,45+/m0/s1. The van der Waals surface area contributed by atoms with Gasteiger partial charge in [0.15, 0.2) is 24.6 Å². The summed E-state index contributed by atoms with van der Waals surface area (Å²) < 4.78 is 30.5. The first-order chi connectivity index (χ1) is 28.4. The molecule has 294 valence electrons. The van der Waals surface area contributed by atoms with Gasteiger partial charge in [0.1, 0.15) is 0 Å². The van der Waals surface area contributed by atoms with Gasteiger partial charge >= 0.3 is 17.9 Å². The van der Waals surface area contributed by atoms with Crippen molar-refractivity contribution < 1.29 is 43.2 Å². The van der Waals surface area contributed by atoms with Gasteiger partial charge in [0.25, 0.3) is 0 Å². The Bertz CT molecular complexity index is 2740. The van der Waals surface area contributed by atoms with Crippen molar-refractivity contribution in [3.8, 4) is 0 Å². The number of hydrogen-bond donors (Lipinski definition) is 5. The molecular formula is C45H40N4O9. The zero-order chi connectivity index (χ0) is 39.6. The summed E-state index contributed by atoms with van der Waals surface area (Å²) in [7, 11) is 0. The van der Waals surface area contributed by atoms with E-state index >= 15 is 0 Å². The molecule has 1 saturated heterocycles. The molecule has 0 bridgehead atoms. The number of esters is 3. The van der Waals surface area contributed by atoms with Crippen molar-refractivity contribution in [3.63, 3.8) is 0 Å². The largest absolute Gasteiger partial charge is 0.456 e. The Morgan fingerprint density at radius 2 is 0.931 bits per heavy atom. The third-order valence-electron chi connectivity index (χ3n) is 10.6. The molecule has 1 aliphatic heterocycles. The average molecular weight is 781 g/mol. The molecule has 5 heterocycles. The van der Waals surface area contributed by atoms with E-state index in [9.17, 15) is 19.5 Å². The topological polar surface area (TPSA) is 181 Å². The van der Waals surface area contributed by atoms with Crippen molar-refractivity contribution in [2.75, 3.05) is 6.61 Å². The van der Waals surface area contributed by atoms with Crippen LogP contribution in [0, 0.1) is 0 Å². The second kappa shape index (κ2) is 16.1. The molecule has 8 aromatic rings. The summed E-state index contributed by atoms with van der Waals surface area (Å²) >= 11 is 0. The first-order valence-corrected chi connectivity index (χ1v) is 19.1. The summed E-state index contributed by atoms with van der Waals surface area (Å²) in [5, 5.41) is 14.8. The fourth-order valence-corrected chi connectivity index (χ4v) is 7.82. The number of ether oxygens (including phenoxy) is 5. The predicted molar refractivity (Wildman–Crippen MR) is 214 cm³/mol. The minimum absolute atomic E-state index is 0.0634. The third kappa shape index (κ3) is 7.70. The van der Waals surface area contributed by atoms with Crippen LogP contribution in [0.2, 0.25) is 0 Å². The van der Waals surface area contributed by atoms with Crippen molar-refractivity contribution in [1.29, 1.82) is 0 Å². The molecule has 0 radical (unpaired) electrons. The number of carbonyl (C=O) groups is 3. The van der Waals surface area contributed by atoms with Crippen LogP contribution >= 0.6 is 0 Å². The van der Waals surface area contributed by atoms with E-state index in [1.165, 1.54) is 0 Å². The van der Waals surface area contributed by atoms with Gasteiger partial charge < -0.3 is 48.7 Å². The first kappa shape index (κ1) is 36.9. The van der Waals surface area contributed by atoms with Crippen LogP contribution in [0.3, 0.4) is 0 Å². The molecule has 4 aromatic carbocycles. The zero-order valence-corrected chi connectivity index (χ0v) is 31.2. The lowest BCUT2D eigenvalue weighted by Gasteiger charge is -2.41. The van der Waals surface area contributed by atoms with Gasteiger partial charge in [-0.25, -0.2) is 0 Å². The minimum Gasteiger partial charge on any atom is -0.456 e. The van der Waals surface area contributed by atoms with E-state index in [1.54, 1.807) is 24.8 Å². The summed E-state index contributed by atoms with van der Waals surface area (Å²) in [6, 6.07) is 30.4. The molecule has 5 atom stereocenters. The number of fused-ring (bicyclic) bond motifs is 4. The zero-order valence-electron chi connectivity index (χ0n) is 31.2. The van der Waals surface area contributed by atoms with Gasteiger partial charge in [-0.15, -0.1) is 0 Å². The highest BCUT2D eigenvalue weighted by Crippen LogP contribution is 2.30. The van der Waals surface area contributed by atoms with E-state index < -0.39 is 48.8 Å². The van der Waals surface area contributed by atoms with Crippen molar-refractivity contribution in [3.05, 3.63) is 144 Å². The predicted octanol–water partition coefficient (Wildman–Crippen LogP) is 6.31. The Kier molecular flexibility index (Phi) is 10.2. The van der Waals surface area contributed by atoms with Gasteiger partial charge in [-0.05, 0) is 46.5 Å². The number of benzene rings is 4. The fourth-order valence-electron chi connectivity index (χ4n) is 7.82. The SMILES string of the molecule is O=C(Cc1c[nH]c2ccccc12)O[C@@H]1[C@@H](OC(=O)Cc2c[nH]c3ccccc23)[C@@H](OC(O)Cc2c[nH]c3ccccc23)OC[C@@H]1OC(=O)Cc1c[nH]c2ccccc12. The van der Waals surface area contributed by atoms with Gasteiger partial charge in [0.2, 0.25) is 6.29 Å². The van der Waals surface area contributed by atoms with Gasteiger partial charge in [-0.2, -0.15) is 0 Å². The van der Waals surface area contributed by atoms with Crippen LogP contribution in [0.5, 0.6) is 0 Å². The van der Waals surface area contributed by atoms with Crippen LogP contribution in [0.4, 0.5) is 0 Å². The van der Waals surface area contributed by atoms with Crippen molar-refractivity contribution in [1.82, 2.24) is 19.9 Å². The molecule has 1 fully saturated rings. The van der Waals surface area contributed by atoms with Gasteiger partial charge in [-0.1, -0.05) is 72.8 Å². The second-order valence-corrected chi connectivity index (χ2v) is 14.4. The van der Waals surface area contributed by atoms with Crippen LogP contribution in [0.25, 0.3) is 43.6 Å². The van der Waals surface area contributed by atoms with Crippen LogP contribution in [0.1, 0.15) is 22.3 Å². The smallest absolute Gasteiger partial charge is 0.310 e.